The van der Waals surface area contributed by atoms with Crippen molar-refractivity contribution in [3.63, 3.8) is 0 Å². The third-order valence-electron chi connectivity index (χ3n) is 1.83. The second-order valence-electron chi connectivity index (χ2n) is 3.08. The molecule has 0 saturated carbocycles. The number of halogens is 4. The summed E-state index contributed by atoms with van der Waals surface area (Å²) in [5.74, 6) is -0.495. The summed E-state index contributed by atoms with van der Waals surface area (Å²) in [6, 6.07) is 0.993. The quantitative estimate of drug-likeness (QED) is 0.867. The van der Waals surface area contributed by atoms with Crippen molar-refractivity contribution in [1.29, 1.82) is 0 Å². The number of aromatic nitrogens is 1. The molecule has 1 rings (SSSR count). The maximum atomic E-state index is 12.5. The van der Waals surface area contributed by atoms with Gasteiger partial charge in [-0.1, -0.05) is 28.1 Å². The first-order chi connectivity index (χ1) is 7.45. The van der Waals surface area contributed by atoms with Gasteiger partial charge in [-0.05, 0) is 18.1 Å². The van der Waals surface area contributed by atoms with E-state index in [1.165, 1.54) is 6.20 Å². The second kappa shape index (κ2) is 5.34. The zero-order valence-electron chi connectivity index (χ0n) is 8.26. The van der Waals surface area contributed by atoms with Crippen molar-refractivity contribution < 1.29 is 13.2 Å². The zero-order chi connectivity index (χ0) is 12.2. The Morgan fingerprint density at radius 3 is 2.69 bits per heavy atom. The van der Waals surface area contributed by atoms with Crippen molar-refractivity contribution in [2.24, 2.45) is 0 Å². The highest BCUT2D eigenvalue weighted by molar-refractivity contribution is 9.09. The van der Waals surface area contributed by atoms with Crippen molar-refractivity contribution in [3.05, 3.63) is 29.5 Å². The molecule has 1 aromatic heterocycles. The van der Waals surface area contributed by atoms with Crippen LogP contribution in [0.25, 0.3) is 6.08 Å². The Morgan fingerprint density at radius 1 is 1.44 bits per heavy atom. The van der Waals surface area contributed by atoms with Crippen LogP contribution < -0.4 is 5.73 Å². The van der Waals surface area contributed by atoms with Crippen molar-refractivity contribution in [3.8, 4) is 0 Å². The monoisotopic (exact) mass is 294 g/mol. The predicted molar refractivity (Wildman–Crippen MR) is 61.1 cm³/mol. The normalized spacial score (nSPS) is 12.2. The highest BCUT2D eigenvalue weighted by atomic mass is 79.9. The lowest BCUT2D eigenvalue weighted by Crippen LogP contribution is -2.10. The third kappa shape index (κ3) is 3.52. The van der Waals surface area contributed by atoms with Crippen LogP contribution in [0, 0.1) is 0 Å². The fourth-order valence-electron chi connectivity index (χ4n) is 1.09. The molecule has 0 spiro atoms. The molecule has 0 unspecified atom stereocenters. The van der Waals surface area contributed by atoms with Crippen LogP contribution in [0.4, 0.5) is 19.0 Å². The second-order valence-corrected chi connectivity index (χ2v) is 3.87. The van der Waals surface area contributed by atoms with Gasteiger partial charge in [-0.3, -0.25) is 0 Å². The van der Waals surface area contributed by atoms with E-state index in [1.54, 1.807) is 12.2 Å². The van der Waals surface area contributed by atoms with Crippen LogP contribution in [-0.2, 0) is 6.18 Å². The van der Waals surface area contributed by atoms with Crippen molar-refractivity contribution in [2.45, 2.75) is 12.6 Å². The summed E-state index contributed by atoms with van der Waals surface area (Å²) in [6.07, 6.45) is 0.947. The zero-order valence-corrected chi connectivity index (χ0v) is 9.85. The van der Waals surface area contributed by atoms with Crippen LogP contribution >= 0.6 is 15.9 Å². The van der Waals surface area contributed by atoms with Gasteiger partial charge in [0.2, 0.25) is 0 Å². The Hall–Kier alpha value is -1.04. The number of rotatable bonds is 3. The van der Waals surface area contributed by atoms with E-state index in [0.29, 0.717) is 5.56 Å². The molecule has 1 aromatic rings. The molecule has 0 amide bonds. The molecule has 0 bridgehead atoms. The molecule has 2 N–H and O–H groups in total. The van der Waals surface area contributed by atoms with Gasteiger partial charge < -0.3 is 5.73 Å². The largest absolute Gasteiger partial charge is 0.419 e. The number of nitrogens with two attached hydrogens (primary N) is 1. The summed E-state index contributed by atoms with van der Waals surface area (Å²) in [7, 11) is 0. The van der Waals surface area contributed by atoms with Gasteiger partial charge in [-0.2, -0.15) is 13.2 Å². The van der Waals surface area contributed by atoms with Crippen LogP contribution in [0.15, 0.2) is 18.3 Å². The van der Waals surface area contributed by atoms with Crippen molar-refractivity contribution >= 4 is 27.8 Å². The molecule has 16 heavy (non-hydrogen) atoms. The SMILES string of the molecule is Nc1ncc(C=CCCBr)cc1C(F)(F)F. The molecule has 0 atom stereocenters. The average Bonchev–Trinajstić information content (AvgIpc) is 2.19. The summed E-state index contributed by atoms with van der Waals surface area (Å²) in [6.45, 7) is 0. The van der Waals surface area contributed by atoms with Crippen LogP contribution in [-0.4, -0.2) is 10.3 Å². The predicted octanol–water partition coefficient (Wildman–Crippen LogP) is 3.48. The Labute approximate surface area is 99.5 Å². The summed E-state index contributed by atoms with van der Waals surface area (Å²) in [5, 5.41) is 0.762. The van der Waals surface area contributed by atoms with Gasteiger partial charge in [0.1, 0.15) is 5.82 Å². The maximum Gasteiger partial charge on any atom is 0.419 e. The topological polar surface area (TPSA) is 38.9 Å². The van der Waals surface area contributed by atoms with E-state index in [1.807, 2.05) is 0 Å². The third-order valence-corrected chi connectivity index (χ3v) is 2.29. The first kappa shape index (κ1) is 13.0. The lowest BCUT2D eigenvalue weighted by Gasteiger charge is -2.09. The molecule has 0 aromatic carbocycles. The highest BCUT2D eigenvalue weighted by Crippen LogP contribution is 2.33. The lowest BCUT2D eigenvalue weighted by atomic mass is 10.1. The standard InChI is InChI=1S/C10H10BrF3N2/c11-4-2-1-3-7-5-8(10(12,13)14)9(15)16-6-7/h1,3,5-6H,2,4H2,(H2,15,16). The van der Waals surface area contributed by atoms with Gasteiger partial charge in [-0.25, -0.2) is 4.98 Å². The van der Waals surface area contributed by atoms with Crippen LogP contribution in [0.2, 0.25) is 0 Å². The lowest BCUT2D eigenvalue weighted by molar-refractivity contribution is -0.137. The molecule has 0 aliphatic carbocycles. The van der Waals surface area contributed by atoms with E-state index in [2.05, 4.69) is 20.9 Å². The summed E-state index contributed by atoms with van der Waals surface area (Å²) >= 11 is 3.21. The minimum atomic E-state index is -4.46. The van der Waals surface area contributed by atoms with E-state index in [-0.39, 0.29) is 0 Å². The number of hydrogen-bond donors (Lipinski definition) is 1. The summed E-state index contributed by atoms with van der Waals surface area (Å²) in [5.41, 5.74) is 4.66. The van der Waals surface area contributed by atoms with Gasteiger partial charge in [0, 0.05) is 11.5 Å². The van der Waals surface area contributed by atoms with Gasteiger partial charge >= 0.3 is 6.18 Å². The highest BCUT2D eigenvalue weighted by Gasteiger charge is 2.33. The first-order valence-electron chi connectivity index (χ1n) is 4.50. The number of nitrogens with zero attached hydrogens (tertiary/aromatic N) is 1. The van der Waals surface area contributed by atoms with Crippen molar-refractivity contribution in [2.75, 3.05) is 11.1 Å². The number of allylic oxidation sites excluding steroid dienone is 1. The number of hydrogen-bond acceptors (Lipinski definition) is 2. The van der Waals surface area contributed by atoms with E-state index in [9.17, 15) is 13.2 Å². The van der Waals surface area contributed by atoms with E-state index in [0.717, 1.165) is 17.8 Å². The minimum absolute atomic E-state index is 0.391. The van der Waals surface area contributed by atoms with Crippen molar-refractivity contribution in [1.82, 2.24) is 4.98 Å². The maximum absolute atomic E-state index is 12.5. The molecule has 2 nitrogen and oxygen atoms in total. The molecule has 0 saturated heterocycles. The average molecular weight is 295 g/mol. The van der Waals surface area contributed by atoms with Gasteiger partial charge in [-0.15, -0.1) is 0 Å². The molecule has 6 heteroatoms. The van der Waals surface area contributed by atoms with E-state index in [4.69, 9.17) is 5.73 Å². The molecule has 0 aliphatic rings. The number of pyridine rings is 1. The molecular formula is C10H10BrF3N2. The Balaban J connectivity index is 2.99. The van der Waals surface area contributed by atoms with Gasteiger partial charge in [0.15, 0.2) is 0 Å². The van der Waals surface area contributed by atoms with Gasteiger partial charge in [0.05, 0.1) is 5.56 Å². The number of anilines is 1. The fourth-order valence-corrected chi connectivity index (χ4v) is 1.36. The molecular weight excluding hydrogens is 285 g/mol. The molecule has 0 fully saturated rings. The molecule has 88 valence electrons. The fraction of sp³-hybridized carbons (Fsp3) is 0.300. The first-order valence-corrected chi connectivity index (χ1v) is 5.62. The van der Waals surface area contributed by atoms with E-state index < -0.39 is 17.6 Å². The van der Waals surface area contributed by atoms with Crippen LogP contribution in [0.1, 0.15) is 17.5 Å². The Bertz CT molecular complexity index is 388. The van der Waals surface area contributed by atoms with E-state index >= 15 is 0 Å². The number of nitrogen functional groups attached to an aromatic ring is 1. The summed E-state index contributed by atoms with van der Waals surface area (Å²) < 4.78 is 37.4. The smallest absolute Gasteiger partial charge is 0.383 e. The Morgan fingerprint density at radius 2 is 2.12 bits per heavy atom. The van der Waals surface area contributed by atoms with Crippen LogP contribution in [0.3, 0.4) is 0 Å². The number of alkyl halides is 4. The van der Waals surface area contributed by atoms with Crippen LogP contribution in [0.5, 0.6) is 0 Å². The Kier molecular flexibility index (Phi) is 4.35. The molecule has 0 aliphatic heterocycles. The molecule has 0 radical (unpaired) electrons. The van der Waals surface area contributed by atoms with Gasteiger partial charge in [0.25, 0.3) is 0 Å². The summed E-state index contributed by atoms with van der Waals surface area (Å²) in [4.78, 5) is 3.52. The molecule has 1 heterocycles. The minimum Gasteiger partial charge on any atom is -0.383 e.